The molecule has 0 unspecified atom stereocenters. The number of rotatable bonds is 3. The lowest BCUT2D eigenvalue weighted by molar-refractivity contribution is 0.459. The van der Waals surface area contributed by atoms with Crippen LogP contribution in [-0.2, 0) is 0 Å². The maximum atomic E-state index is 5.56. The second-order valence-corrected chi connectivity index (χ2v) is 6.78. The van der Waals surface area contributed by atoms with E-state index in [4.69, 9.17) is 12.2 Å². The van der Waals surface area contributed by atoms with Crippen LogP contribution in [0.5, 0.6) is 0 Å². The van der Waals surface area contributed by atoms with E-state index in [2.05, 4.69) is 63.1 Å². The molecular weight excluding hydrogens is 328 g/mol. The van der Waals surface area contributed by atoms with E-state index in [0.717, 1.165) is 42.2 Å². The van der Waals surface area contributed by atoms with E-state index in [9.17, 15) is 0 Å². The summed E-state index contributed by atoms with van der Waals surface area (Å²) in [4.78, 5) is 9.84. The van der Waals surface area contributed by atoms with Gasteiger partial charge in [-0.1, -0.05) is 48.6 Å². The fraction of sp³-hybridized carbons (Fsp3) is 0.250. The van der Waals surface area contributed by atoms with Gasteiger partial charge in [0.15, 0.2) is 0 Å². The molecule has 2 N–H and O–H groups in total. The minimum atomic E-state index is 0.407. The van der Waals surface area contributed by atoms with Gasteiger partial charge in [0.05, 0.1) is 10.7 Å². The van der Waals surface area contributed by atoms with E-state index in [0.29, 0.717) is 11.9 Å². The summed E-state index contributed by atoms with van der Waals surface area (Å²) >= 11 is 5.56. The Morgan fingerprint density at radius 2 is 1.84 bits per heavy atom. The maximum absolute atomic E-state index is 5.56. The van der Waals surface area contributed by atoms with Gasteiger partial charge >= 0.3 is 0 Å². The van der Waals surface area contributed by atoms with Crippen LogP contribution in [0.25, 0.3) is 22.0 Å². The molecule has 1 saturated heterocycles. The van der Waals surface area contributed by atoms with Gasteiger partial charge in [0, 0.05) is 17.7 Å². The number of piperidine rings is 1. The third-order valence-electron chi connectivity index (χ3n) is 4.65. The molecular formula is C20H20N4S. The van der Waals surface area contributed by atoms with Gasteiger partial charge in [-0.15, -0.1) is 0 Å². The van der Waals surface area contributed by atoms with Gasteiger partial charge in [0.25, 0.3) is 0 Å². The van der Waals surface area contributed by atoms with Crippen LogP contribution in [-0.4, -0.2) is 28.0 Å². The van der Waals surface area contributed by atoms with Crippen molar-refractivity contribution in [2.45, 2.75) is 12.8 Å². The normalized spacial score (nSPS) is 15.2. The van der Waals surface area contributed by atoms with Crippen LogP contribution in [0.2, 0.25) is 0 Å². The lowest BCUT2D eigenvalue weighted by Gasteiger charge is -2.23. The molecule has 5 heteroatoms. The fourth-order valence-electron chi connectivity index (χ4n) is 3.22. The van der Waals surface area contributed by atoms with Crippen molar-refractivity contribution in [3.8, 4) is 11.3 Å². The highest BCUT2D eigenvalue weighted by Gasteiger charge is 2.18. The zero-order valence-corrected chi connectivity index (χ0v) is 14.7. The van der Waals surface area contributed by atoms with Crippen LogP contribution in [0, 0.1) is 5.92 Å². The molecule has 0 aliphatic carbocycles. The van der Waals surface area contributed by atoms with Crippen molar-refractivity contribution in [2.75, 3.05) is 18.4 Å². The number of hydrogen-bond acceptors (Lipinski definition) is 4. The van der Waals surface area contributed by atoms with E-state index in [1.165, 1.54) is 10.8 Å². The third-order valence-corrected chi connectivity index (χ3v) is 5.08. The molecule has 0 saturated carbocycles. The number of nitrogens with zero attached hydrogens (tertiary/aromatic N) is 2. The van der Waals surface area contributed by atoms with E-state index >= 15 is 0 Å². The first-order valence-electron chi connectivity index (χ1n) is 8.63. The molecule has 0 spiro atoms. The Morgan fingerprint density at radius 1 is 1.04 bits per heavy atom. The molecule has 0 amide bonds. The summed E-state index contributed by atoms with van der Waals surface area (Å²) in [7, 11) is 0. The molecule has 4 nitrogen and oxygen atoms in total. The van der Waals surface area contributed by atoms with Gasteiger partial charge in [-0.05, 0) is 48.8 Å². The molecule has 1 aliphatic heterocycles. The topological polar surface area (TPSA) is 49.8 Å². The van der Waals surface area contributed by atoms with E-state index in [1.54, 1.807) is 6.20 Å². The maximum Gasteiger partial charge on any atom is 0.228 e. The highest BCUT2D eigenvalue weighted by molar-refractivity contribution is 7.80. The summed E-state index contributed by atoms with van der Waals surface area (Å²) in [6, 6.07) is 16.6. The first-order chi connectivity index (χ1) is 12.3. The van der Waals surface area contributed by atoms with Crippen molar-refractivity contribution in [3.05, 3.63) is 54.7 Å². The van der Waals surface area contributed by atoms with Crippen molar-refractivity contribution in [1.82, 2.24) is 15.3 Å². The molecule has 3 aromatic rings. The fourth-order valence-corrected chi connectivity index (χ4v) is 3.55. The number of aromatic nitrogens is 2. The Labute approximate surface area is 152 Å². The molecule has 126 valence electrons. The Balaban J connectivity index is 1.56. The average molecular weight is 348 g/mol. The number of thiocarbonyl (C=S) groups is 1. The number of benzene rings is 2. The quantitative estimate of drug-likeness (QED) is 0.700. The Bertz CT molecular complexity index is 903. The standard InChI is InChI=1S/C20H20N4S/c25-19(15-7-10-21-11-8-15)24-20-22-12-9-18(23-20)17-6-5-14-3-1-2-4-16(14)13-17/h1-6,9,12-13,15,21H,7-8,10-11H2,(H,22,23,24,25). The van der Waals surface area contributed by atoms with Crippen LogP contribution < -0.4 is 10.6 Å². The van der Waals surface area contributed by atoms with Crippen molar-refractivity contribution in [3.63, 3.8) is 0 Å². The number of hydrogen-bond donors (Lipinski definition) is 2. The van der Waals surface area contributed by atoms with Crippen LogP contribution in [0.4, 0.5) is 5.95 Å². The van der Waals surface area contributed by atoms with E-state index < -0.39 is 0 Å². The van der Waals surface area contributed by atoms with Crippen LogP contribution in [0.1, 0.15) is 12.8 Å². The molecule has 1 aromatic heterocycles. The molecule has 0 bridgehead atoms. The van der Waals surface area contributed by atoms with Crippen molar-refractivity contribution < 1.29 is 0 Å². The predicted molar refractivity (Wildman–Crippen MR) is 107 cm³/mol. The van der Waals surface area contributed by atoms with Gasteiger partial charge in [-0.2, -0.15) is 0 Å². The molecule has 2 heterocycles. The smallest absolute Gasteiger partial charge is 0.228 e. The Kier molecular flexibility index (Phi) is 4.68. The first-order valence-corrected chi connectivity index (χ1v) is 9.04. The molecule has 4 rings (SSSR count). The van der Waals surface area contributed by atoms with Crippen LogP contribution in [0.15, 0.2) is 54.7 Å². The van der Waals surface area contributed by atoms with Crippen LogP contribution in [0.3, 0.4) is 0 Å². The van der Waals surface area contributed by atoms with E-state index in [1.807, 2.05) is 6.07 Å². The van der Waals surface area contributed by atoms with Crippen molar-refractivity contribution in [1.29, 1.82) is 0 Å². The average Bonchev–Trinajstić information content (AvgIpc) is 2.68. The van der Waals surface area contributed by atoms with Gasteiger partial charge < -0.3 is 10.6 Å². The van der Waals surface area contributed by atoms with Crippen molar-refractivity contribution >= 4 is 33.9 Å². The molecule has 0 radical (unpaired) electrons. The van der Waals surface area contributed by atoms with Crippen LogP contribution >= 0.6 is 12.2 Å². The minimum absolute atomic E-state index is 0.407. The lowest BCUT2D eigenvalue weighted by Crippen LogP contribution is -2.34. The summed E-state index contributed by atoms with van der Waals surface area (Å²) < 4.78 is 0. The largest absolute Gasteiger partial charge is 0.318 e. The molecule has 25 heavy (non-hydrogen) atoms. The second kappa shape index (κ2) is 7.25. The lowest BCUT2D eigenvalue weighted by atomic mass is 9.98. The van der Waals surface area contributed by atoms with Crippen molar-refractivity contribution in [2.24, 2.45) is 5.92 Å². The number of nitrogens with one attached hydrogen (secondary N) is 2. The first kappa shape index (κ1) is 16.1. The second-order valence-electron chi connectivity index (χ2n) is 6.34. The van der Waals surface area contributed by atoms with E-state index in [-0.39, 0.29) is 0 Å². The predicted octanol–water partition coefficient (Wildman–Crippen LogP) is 4.04. The minimum Gasteiger partial charge on any atom is -0.318 e. The number of fused-ring (bicyclic) bond motifs is 1. The molecule has 1 fully saturated rings. The Hall–Kier alpha value is -2.37. The Morgan fingerprint density at radius 3 is 2.68 bits per heavy atom. The molecule has 1 aliphatic rings. The SMILES string of the molecule is S=C(Nc1nccc(-c2ccc3ccccc3c2)n1)C1CCNCC1. The third kappa shape index (κ3) is 3.67. The number of anilines is 1. The summed E-state index contributed by atoms with van der Waals surface area (Å²) in [6.07, 6.45) is 3.91. The molecule has 2 aromatic carbocycles. The monoisotopic (exact) mass is 348 g/mol. The summed E-state index contributed by atoms with van der Waals surface area (Å²) in [5.41, 5.74) is 1.98. The summed E-state index contributed by atoms with van der Waals surface area (Å²) in [5, 5.41) is 9.03. The van der Waals surface area contributed by atoms with Gasteiger partial charge in [0.2, 0.25) is 5.95 Å². The zero-order chi connectivity index (χ0) is 17.1. The summed E-state index contributed by atoms with van der Waals surface area (Å²) in [5.74, 6) is 0.985. The van der Waals surface area contributed by atoms with Gasteiger partial charge in [-0.3, -0.25) is 0 Å². The summed E-state index contributed by atoms with van der Waals surface area (Å²) in [6.45, 7) is 2.04. The van der Waals surface area contributed by atoms with Gasteiger partial charge in [-0.25, -0.2) is 9.97 Å². The highest BCUT2D eigenvalue weighted by atomic mass is 32.1. The zero-order valence-electron chi connectivity index (χ0n) is 13.9. The highest BCUT2D eigenvalue weighted by Crippen LogP contribution is 2.24. The van der Waals surface area contributed by atoms with Gasteiger partial charge in [0.1, 0.15) is 0 Å². The molecule has 0 atom stereocenters.